The highest BCUT2D eigenvalue weighted by atomic mass is 35.5. The molecule has 116 valence electrons. The molecule has 3 aromatic rings. The van der Waals surface area contributed by atoms with Crippen LogP contribution in [0.2, 0.25) is 10.0 Å². The zero-order valence-electron chi connectivity index (χ0n) is 11.6. The van der Waals surface area contributed by atoms with Crippen LogP contribution in [0.5, 0.6) is 5.75 Å². The number of nitrogens with zero attached hydrogens (tertiary/aromatic N) is 1. The van der Waals surface area contributed by atoms with Crippen molar-refractivity contribution in [2.24, 2.45) is 0 Å². The lowest BCUT2D eigenvalue weighted by Crippen LogP contribution is -2.12. The lowest BCUT2D eigenvalue weighted by Gasteiger charge is -2.05. The summed E-state index contributed by atoms with van der Waals surface area (Å²) in [6.07, 6.45) is 0. The molecule has 0 spiro atoms. The first-order valence-electron chi connectivity index (χ1n) is 6.55. The minimum absolute atomic E-state index is 0.159. The van der Waals surface area contributed by atoms with E-state index in [4.69, 9.17) is 23.2 Å². The number of aromatic hydroxyl groups is 1. The Morgan fingerprint density at radius 3 is 2.74 bits per heavy atom. The molecule has 3 rings (SSSR count). The van der Waals surface area contributed by atoms with Gasteiger partial charge in [0.05, 0.1) is 21.3 Å². The van der Waals surface area contributed by atoms with Gasteiger partial charge in [0.2, 0.25) is 0 Å². The van der Waals surface area contributed by atoms with E-state index in [1.54, 1.807) is 41.8 Å². The molecule has 0 bridgehead atoms. The molecule has 0 unspecified atom stereocenters. The summed E-state index contributed by atoms with van der Waals surface area (Å²) in [4.78, 5) is 16.6. The quantitative estimate of drug-likeness (QED) is 0.681. The summed E-state index contributed by atoms with van der Waals surface area (Å²) in [6, 6.07) is 11.6. The standard InChI is InChI=1S/C16H10Cl2N2O2S/c17-12-6-2-5-11(14(12)18)15(22)20-16-19-13(8-23-16)9-3-1-4-10(21)7-9/h1-8,21H,(H,19,20,22). The van der Waals surface area contributed by atoms with Crippen LogP contribution in [0.15, 0.2) is 47.8 Å². The molecule has 0 aliphatic rings. The summed E-state index contributed by atoms with van der Waals surface area (Å²) < 4.78 is 0. The minimum Gasteiger partial charge on any atom is -0.508 e. The van der Waals surface area contributed by atoms with Crippen LogP contribution in [0.3, 0.4) is 0 Å². The normalized spacial score (nSPS) is 10.5. The van der Waals surface area contributed by atoms with Crippen molar-refractivity contribution in [3.05, 3.63) is 63.5 Å². The maximum atomic E-state index is 12.3. The molecule has 2 N–H and O–H groups in total. The van der Waals surface area contributed by atoms with E-state index in [-0.39, 0.29) is 22.2 Å². The highest BCUT2D eigenvalue weighted by molar-refractivity contribution is 7.14. The molecule has 1 amide bonds. The number of anilines is 1. The average molecular weight is 365 g/mol. The number of amides is 1. The Balaban J connectivity index is 1.82. The Bertz CT molecular complexity index is 880. The van der Waals surface area contributed by atoms with E-state index in [0.717, 1.165) is 5.56 Å². The second-order valence-corrected chi connectivity index (χ2v) is 6.29. The maximum absolute atomic E-state index is 12.3. The van der Waals surface area contributed by atoms with Crippen molar-refractivity contribution in [3.8, 4) is 17.0 Å². The van der Waals surface area contributed by atoms with Gasteiger partial charge in [0.25, 0.3) is 5.91 Å². The molecular weight excluding hydrogens is 355 g/mol. The third-order valence-electron chi connectivity index (χ3n) is 3.06. The van der Waals surface area contributed by atoms with Crippen molar-refractivity contribution in [3.63, 3.8) is 0 Å². The minimum atomic E-state index is -0.380. The van der Waals surface area contributed by atoms with Gasteiger partial charge in [-0.05, 0) is 24.3 Å². The van der Waals surface area contributed by atoms with Crippen LogP contribution in [0.25, 0.3) is 11.3 Å². The van der Waals surface area contributed by atoms with Gasteiger partial charge in [0.15, 0.2) is 5.13 Å². The number of hydrogen-bond donors (Lipinski definition) is 2. The molecule has 23 heavy (non-hydrogen) atoms. The largest absolute Gasteiger partial charge is 0.508 e. The Morgan fingerprint density at radius 1 is 1.17 bits per heavy atom. The Kier molecular flexibility index (Phi) is 4.52. The van der Waals surface area contributed by atoms with Crippen LogP contribution >= 0.6 is 34.5 Å². The second-order valence-electron chi connectivity index (χ2n) is 4.64. The van der Waals surface area contributed by atoms with Crippen molar-refractivity contribution < 1.29 is 9.90 Å². The summed E-state index contributed by atoms with van der Waals surface area (Å²) in [6.45, 7) is 0. The van der Waals surface area contributed by atoms with Crippen LogP contribution in [0.1, 0.15) is 10.4 Å². The Labute approximate surface area is 146 Å². The number of aromatic nitrogens is 1. The van der Waals surface area contributed by atoms with Crippen molar-refractivity contribution in [2.45, 2.75) is 0 Å². The van der Waals surface area contributed by atoms with E-state index in [1.807, 2.05) is 6.07 Å². The first kappa shape index (κ1) is 15.8. The monoisotopic (exact) mass is 364 g/mol. The number of thiazole rings is 1. The van der Waals surface area contributed by atoms with E-state index < -0.39 is 0 Å². The number of phenolic OH excluding ortho intramolecular Hbond substituents is 1. The van der Waals surface area contributed by atoms with Crippen molar-refractivity contribution in [1.29, 1.82) is 0 Å². The average Bonchev–Trinajstić information content (AvgIpc) is 2.98. The number of carbonyl (C=O) groups is 1. The summed E-state index contributed by atoms with van der Waals surface area (Å²) >= 11 is 13.2. The molecule has 1 aromatic heterocycles. The molecule has 0 fully saturated rings. The fourth-order valence-corrected chi connectivity index (χ4v) is 3.07. The number of benzene rings is 2. The SMILES string of the molecule is O=C(Nc1nc(-c2cccc(O)c2)cs1)c1cccc(Cl)c1Cl. The molecule has 0 aliphatic carbocycles. The Morgan fingerprint density at radius 2 is 1.96 bits per heavy atom. The fourth-order valence-electron chi connectivity index (χ4n) is 1.97. The van der Waals surface area contributed by atoms with Gasteiger partial charge >= 0.3 is 0 Å². The molecule has 0 saturated heterocycles. The van der Waals surface area contributed by atoms with Gasteiger partial charge in [0, 0.05) is 10.9 Å². The van der Waals surface area contributed by atoms with Crippen LogP contribution in [0, 0.1) is 0 Å². The van der Waals surface area contributed by atoms with Crippen LogP contribution in [0.4, 0.5) is 5.13 Å². The van der Waals surface area contributed by atoms with Crippen molar-refractivity contribution in [2.75, 3.05) is 5.32 Å². The third kappa shape index (κ3) is 3.47. The Hall–Kier alpha value is -2.08. The third-order valence-corrected chi connectivity index (χ3v) is 4.64. The van der Waals surface area contributed by atoms with Gasteiger partial charge in [-0.2, -0.15) is 0 Å². The number of phenols is 1. The van der Waals surface area contributed by atoms with E-state index >= 15 is 0 Å². The topological polar surface area (TPSA) is 62.2 Å². The molecular formula is C16H10Cl2N2O2S. The number of rotatable bonds is 3. The van der Waals surface area contributed by atoms with Crippen LogP contribution in [-0.2, 0) is 0 Å². The van der Waals surface area contributed by atoms with Gasteiger partial charge in [-0.3, -0.25) is 10.1 Å². The van der Waals surface area contributed by atoms with E-state index in [0.29, 0.717) is 15.8 Å². The zero-order chi connectivity index (χ0) is 16.4. The van der Waals surface area contributed by atoms with E-state index in [2.05, 4.69) is 10.3 Å². The zero-order valence-corrected chi connectivity index (χ0v) is 13.9. The highest BCUT2D eigenvalue weighted by Crippen LogP contribution is 2.29. The number of halogens is 2. The lowest BCUT2D eigenvalue weighted by molar-refractivity contribution is 0.102. The van der Waals surface area contributed by atoms with Crippen molar-refractivity contribution in [1.82, 2.24) is 4.98 Å². The molecule has 0 saturated carbocycles. The van der Waals surface area contributed by atoms with Gasteiger partial charge in [-0.15, -0.1) is 11.3 Å². The lowest BCUT2D eigenvalue weighted by atomic mass is 10.2. The highest BCUT2D eigenvalue weighted by Gasteiger charge is 2.14. The van der Waals surface area contributed by atoms with E-state index in [9.17, 15) is 9.90 Å². The molecule has 7 heteroatoms. The smallest absolute Gasteiger partial charge is 0.259 e. The van der Waals surface area contributed by atoms with Gasteiger partial charge in [-0.25, -0.2) is 4.98 Å². The first-order valence-corrected chi connectivity index (χ1v) is 8.18. The molecule has 0 radical (unpaired) electrons. The number of hydrogen-bond acceptors (Lipinski definition) is 4. The van der Waals surface area contributed by atoms with Gasteiger partial charge in [-0.1, -0.05) is 41.4 Å². The van der Waals surface area contributed by atoms with Gasteiger partial charge in [0.1, 0.15) is 5.75 Å². The molecule has 0 aliphatic heterocycles. The first-order chi connectivity index (χ1) is 11.0. The summed E-state index contributed by atoms with van der Waals surface area (Å²) in [5, 5.41) is 15.0. The fraction of sp³-hybridized carbons (Fsp3) is 0. The van der Waals surface area contributed by atoms with E-state index in [1.165, 1.54) is 11.3 Å². The molecule has 2 aromatic carbocycles. The van der Waals surface area contributed by atoms with Gasteiger partial charge < -0.3 is 5.11 Å². The predicted molar refractivity (Wildman–Crippen MR) is 93.6 cm³/mol. The second kappa shape index (κ2) is 6.58. The number of carbonyl (C=O) groups excluding carboxylic acids is 1. The summed E-state index contributed by atoms with van der Waals surface area (Å²) in [5.74, 6) is -0.221. The van der Waals surface area contributed by atoms with Crippen LogP contribution in [-0.4, -0.2) is 16.0 Å². The molecule has 4 nitrogen and oxygen atoms in total. The van der Waals surface area contributed by atoms with Crippen molar-refractivity contribution >= 4 is 45.6 Å². The number of nitrogens with one attached hydrogen (secondary N) is 1. The summed E-state index contributed by atoms with van der Waals surface area (Å²) in [5.41, 5.74) is 1.72. The maximum Gasteiger partial charge on any atom is 0.259 e. The summed E-state index contributed by atoms with van der Waals surface area (Å²) in [7, 11) is 0. The van der Waals surface area contributed by atoms with Crippen LogP contribution < -0.4 is 5.32 Å². The molecule has 1 heterocycles. The predicted octanol–water partition coefficient (Wildman–Crippen LogP) is 5.07. The molecule has 0 atom stereocenters.